The number of nitrogens with zero attached hydrogens (tertiary/aromatic N) is 1. The first-order chi connectivity index (χ1) is 13.4. The minimum atomic E-state index is -0.606. The van der Waals surface area contributed by atoms with E-state index < -0.39 is 11.8 Å². The van der Waals surface area contributed by atoms with Crippen molar-refractivity contribution in [2.75, 3.05) is 19.1 Å². The number of anilines is 1. The summed E-state index contributed by atoms with van der Waals surface area (Å²) in [4.78, 5) is 26.8. The number of hydrogen-bond donors (Lipinski definition) is 2. The molecule has 3 rings (SSSR count). The van der Waals surface area contributed by atoms with Crippen LogP contribution in [0.25, 0.3) is 6.08 Å². The second-order valence-electron chi connectivity index (χ2n) is 6.02. The topological polar surface area (TPSA) is 88.1 Å². The molecule has 0 unspecified atom stereocenters. The summed E-state index contributed by atoms with van der Waals surface area (Å²) in [6, 6.07) is 10.2. The van der Waals surface area contributed by atoms with Gasteiger partial charge in [0.25, 0.3) is 11.8 Å². The van der Waals surface area contributed by atoms with Gasteiger partial charge >= 0.3 is 0 Å². The molecule has 0 spiro atoms. The van der Waals surface area contributed by atoms with Gasteiger partial charge < -0.3 is 14.6 Å². The maximum Gasteiger partial charge on any atom is 0.270 e. The number of ether oxygens (including phenoxy) is 2. The first kappa shape index (κ1) is 19.4. The zero-order chi connectivity index (χ0) is 20.4. The zero-order valence-corrected chi connectivity index (χ0v) is 16.3. The van der Waals surface area contributed by atoms with Gasteiger partial charge in [-0.25, -0.2) is 0 Å². The number of amides is 2. The lowest BCUT2D eigenvalue weighted by Crippen LogP contribution is -2.54. The number of phenols is 1. The molecule has 1 fully saturated rings. The second-order valence-corrected chi connectivity index (χ2v) is 6.41. The van der Waals surface area contributed by atoms with Crippen molar-refractivity contribution in [1.29, 1.82) is 0 Å². The van der Waals surface area contributed by atoms with Crippen molar-refractivity contribution in [3.05, 3.63) is 53.1 Å². The number of para-hydroxylation sites is 1. The average Bonchev–Trinajstić information content (AvgIpc) is 2.67. The van der Waals surface area contributed by atoms with E-state index in [1.54, 1.807) is 12.1 Å². The van der Waals surface area contributed by atoms with Crippen molar-refractivity contribution in [2.45, 2.75) is 6.92 Å². The fourth-order valence-electron chi connectivity index (χ4n) is 2.85. The lowest BCUT2D eigenvalue weighted by molar-refractivity contribution is -0.122. The highest BCUT2D eigenvalue weighted by atomic mass is 32.1. The molecular formula is C20H18N2O5S. The Balaban J connectivity index is 2.08. The average molecular weight is 398 g/mol. The van der Waals surface area contributed by atoms with Crippen LogP contribution in [-0.2, 0) is 9.59 Å². The van der Waals surface area contributed by atoms with Crippen molar-refractivity contribution in [3.8, 4) is 17.2 Å². The van der Waals surface area contributed by atoms with Gasteiger partial charge in [0.1, 0.15) is 5.57 Å². The van der Waals surface area contributed by atoms with Crippen LogP contribution in [0.2, 0.25) is 0 Å². The van der Waals surface area contributed by atoms with E-state index in [2.05, 4.69) is 5.32 Å². The summed E-state index contributed by atoms with van der Waals surface area (Å²) in [6.07, 6.45) is 1.40. The predicted octanol–water partition coefficient (Wildman–Crippen LogP) is 2.55. The molecule has 1 saturated heterocycles. The normalized spacial score (nSPS) is 15.6. The molecule has 8 heteroatoms. The van der Waals surface area contributed by atoms with E-state index in [1.807, 2.05) is 19.1 Å². The second kappa shape index (κ2) is 7.69. The molecule has 7 nitrogen and oxygen atoms in total. The number of nitrogens with one attached hydrogen (secondary N) is 1. The van der Waals surface area contributed by atoms with Gasteiger partial charge in [0, 0.05) is 0 Å². The van der Waals surface area contributed by atoms with Gasteiger partial charge in [-0.3, -0.25) is 19.8 Å². The van der Waals surface area contributed by atoms with Gasteiger partial charge in [0.15, 0.2) is 16.6 Å². The highest BCUT2D eigenvalue weighted by Crippen LogP contribution is 2.38. The molecule has 1 aliphatic heterocycles. The van der Waals surface area contributed by atoms with E-state index in [-0.39, 0.29) is 27.9 Å². The molecular weight excluding hydrogens is 380 g/mol. The molecule has 1 heterocycles. The molecule has 0 radical (unpaired) electrons. The quantitative estimate of drug-likeness (QED) is 0.468. The van der Waals surface area contributed by atoms with Crippen molar-refractivity contribution in [2.24, 2.45) is 0 Å². The molecule has 2 aromatic carbocycles. The van der Waals surface area contributed by atoms with Crippen LogP contribution in [0.1, 0.15) is 11.1 Å². The Morgan fingerprint density at radius 1 is 1.11 bits per heavy atom. The number of carbonyl (C=O) groups excluding carboxylic acids is 2. The summed E-state index contributed by atoms with van der Waals surface area (Å²) >= 11 is 5.21. The van der Waals surface area contributed by atoms with E-state index in [0.29, 0.717) is 11.3 Å². The number of methoxy groups -OCH3 is 2. The Labute approximate surface area is 167 Å². The first-order valence-corrected chi connectivity index (χ1v) is 8.70. The van der Waals surface area contributed by atoms with Crippen LogP contribution in [0.3, 0.4) is 0 Å². The number of carbonyl (C=O) groups is 2. The summed E-state index contributed by atoms with van der Waals surface area (Å²) in [5.74, 6) is -1.02. The third kappa shape index (κ3) is 3.41. The maximum atomic E-state index is 13.1. The van der Waals surface area contributed by atoms with Gasteiger partial charge in [-0.15, -0.1) is 0 Å². The van der Waals surface area contributed by atoms with Gasteiger partial charge in [0.05, 0.1) is 19.9 Å². The summed E-state index contributed by atoms with van der Waals surface area (Å²) in [5, 5.41) is 12.6. The molecule has 0 saturated carbocycles. The van der Waals surface area contributed by atoms with Crippen molar-refractivity contribution < 1.29 is 24.2 Å². The lowest BCUT2D eigenvalue weighted by Gasteiger charge is -2.30. The Kier molecular flexibility index (Phi) is 5.32. The number of aryl methyl sites for hydroxylation is 1. The van der Waals surface area contributed by atoms with Crippen molar-refractivity contribution in [1.82, 2.24) is 5.32 Å². The highest BCUT2D eigenvalue weighted by molar-refractivity contribution is 7.80. The number of phenolic OH excluding ortho intramolecular Hbond substituents is 1. The van der Waals surface area contributed by atoms with Gasteiger partial charge in [0.2, 0.25) is 5.75 Å². The van der Waals surface area contributed by atoms with Gasteiger partial charge in [-0.1, -0.05) is 18.2 Å². The van der Waals surface area contributed by atoms with E-state index in [9.17, 15) is 14.7 Å². The van der Waals surface area contributed by atoms with Crippen LogP contribution < -0.4 is 19.7 Å². The fourth-order valence-corrected chi connectivity index (χ4v) is 3.13. The third-order valence-electron chi connectivity index (χ3n) is 4.27. The molecule has 2 amide bonds. The fraction of sp³-hybridized carbons (Fsp3) is 0.150. The van der Waals surface area contributed by atoms with Crippen LogP contribution in [0.5, 0.6) is 17.2 Å². The molecule has 0 bridgehead atoms. The number of rotatable bonds is 4. The van der Waals surface area contributed by atoms with E-state index in [0.717, 1.165) is 5.56 Å². The number of thiocarbonyl (C=S) groups is 1. The first-order valence-electron chi connectivity index (χ1n) is 8.29. The molecule has 28 heavy (non-hydrogen) atoms. The van der Waals surface area contributed by atoms with Gasteiger partial charge in [-0.2, -0.15) is 0 Å². The largest absolute Gasteiger partial charge is 0.502 e. The van der Waals surface area contributed by atoms with E-state index in [4.69, 9.17) is 21.7 Å². The Hall–Kier alpha value is -3.39. The predicted molar refractivity (Wildman–Crippen MR) is 109 cm³/mol. The molecule has 0 atom stereocenters. The summed E-state index contributed by atoms with van der Waals surface area (Å²) < 4.78 is 10.2. The van der Waals surface area contributed by atoms with Crippen LogP contribution in [-0.4, -0.2) is 36.3 Å². The van der Waals surface area contributed by atoms with Crippen LogP contribution >= 0.6 is 12.2 Å². The Bertz CT molecular complexity index is 990. The summed E-state index contributed by atoms with van der Waals surface area (Å²) in [5.41, 5.74) is 1.76. The van der Waals surface area contributed by atoms with Crippen LogP contribution in [0.4, 0.5) is 5.69 Å². The molecule has 1 aliphatic rings. The molecule has 2 aromatic rings. The number of hydrogen-bond acceptors (Lipinski definition) is 6. The monoisotopic (exact) mass is 398 g/mol. The van der Waals surface area contributed by atoms with Crippen molar-refractivity contribution in [3.63, 3.8) is 0 Å². The molecule has 144 valence electrons. The minimum Gasteiger partial charge on any atom is -0.502 e. The minimum absolute atomic E-state index is 0.0160. The van der Waals surface area contributed by atoms with Gasteiger partial charge in [-0.05, 0) is 54.5 Å². The molecule has 0 aromatic heterocycles. The Morgan fingerprint density at radius 3 is 2.29 bits per heavy atom. The summed E-state index contributed by atoms with van der Waals surface area (Å²) in [6.45, 7) is 1.85. The SMILES string of the molecule is COc1cc(/C=C2\C(=O)NC(=S)N(c3ccccc3C)C2=O)cc(OC)c1O. The van der Waals surface area contributed by atoms with E-state index in [1.165, 1.54) is 37.3 Å². The molecule has 0 aliphatic carbocycles. The third-order valence-corrected chi connectivity index (χ3v) is 4.56. The van der Waals surface area contributed by atoms with E-state index >= 15 is 0 Å². The number of benzene rings is 2. The van der Waals surface area contributed by atoms with Crippen molar-refractivity contribution >= 4 is 40.9 Å². The summed E-state index contributed by atoms with van der Waals surface area (Å²) in [7, 11) is 2.78. The zero-order valence-electron chi connectivity index (χ0n) is 15.5. The van der Waals surface area contributed by atoms with Crippen LogP contribution in [0, 0.1) is 6.92 Å². The molecule has 2 N–H and O–H groups in total. The maximum absolute atomic E-state index is 13.1. The lowest BCUT2D eigenvalue weighted by atomic mass is 10.0. The van der Waals surface area contributed by atoms with Crippen LogP contribution in [0.15, 0.2) is 42.0 Å². The number of aromatic hydroxyl groups is 1. The Morgan fingerprint density at radius 2 is 1.71 bits per heavy atom. The highest BCUT2D eigenvalue weighted by Gasteiger charge is 2.35. The smallest absolute Gasteiger partial charge is 0.270 e. The standard InChI is InChI=1S/C20H18N2O5S/c1-11-6-4-5-7-14(11)22-19(25)13(18(24)21-20(22)28)8-12-9-15(26-2)17(23)16(10-12)27-3/h4-10,23H,1-3H3,(H,21,24,28)/b13-8+.